The third-order valence-electron chi connectivity index (χ3n) is 2.72. The highest BCUT2D eigenvalue weighted by atomic mass is 15.2. The molecule has 1 heterocycles. The van der Waals surface area contributed by atoms with Gasteiger partial charge in [0.05, 0.1) is 12.3 Å². The molecule has 0 bridgehead atoms. The van der Waals surface area contributed by atoms with Crippen LogP contribution in [0, 0.1) is 5.92 Å². The van der Waals surface area contributed by atoms with Gasteiger partial charge in [0, 0.05) is 0 Å². The standard InChI is InChI=1S/C10H23N3/c1-3-4-5-9-6-7-12-10(9)13-8(2)11/h8-10,12-13H,3-7,11H2,1-2H3. The first kappa shape index (κ1) is 11.0. The zero-order valence-corrected chi connectivity index (χ0v) is 8.84. The van der Waals surface area contributed by atoms with Gasteiger partial charge >= 0.3 is 0 Å². The van der Waals surface area contributed by atoms with Crippen LogP contribution in [-0.2, 0) is 0 Å². The third-order valence-corrected chi connectivity index (χ3v) is 2.72. The van der Waals surface area contributed by atoms with E-state index in [4.69, 9.17) is 5.73 Å². The number of nitrogens with one attached hydrogen (secondary N) is 2. The van der Waals surface area contributed by atoms with Gasteiger partial charge in [-0.2, -0.15) is 0 Å². The van der Waals surface area contributed by atoms with Gasteiger partial charge in [0.25, 0.3) is 0 Å². The van der Waals surface area contributed by atoms with E-state index in [-0.39, 0.29) is 6.17 Å². The van der Waals surface area contributed by atoms with Crippen LogP contribution in [-0.4, -0.2) is 18.9 Å². The summed E-state index contributed by atoms with van der Waals surface area (Å²) in [5.74, 6) is 0.783. The van der Waals surface area contributed by atoms with Crippen molar-refractivity contribution >= 4 is 0 Å². The molecule has 1 aliphatic heterocycles. The maximum absolute atomic E-state index is 5.71. The number of rotatable bonds is 5. The van der Waals surface area contributed by atoms with Crippen molar-refractivity contribution in [1.29, 1.82) is 0 Å². The van der Waals surface area contributed by atoms with Gasteiger partial charge in [0.2, 0.25) is 0 Å². The number of unbranched alkanes of at least 4 members (excludes halogenated alkanes) is 1. The molecule has 3 nitrogen and oxygen atoms in total. The molecular formula is C10H23N3. The lowest BCUT2D eigenvalue weighted by molar-refractivity contribution is 0.325. The first-order chi connectivity index (χ1) is 6.24. The van der Waals surface area contributed by atoms with Crippen LogP contribution in [0.5, 0.6) is 0 Å². The summed E-state index contributed by atoms with van der Waals surface area (Å²) in [6, 6.07) is 0. The van der Waals surface area contributed by atoms with E-state index < -0.39 is 0 Å². The molecule has 0 aromatic carbocycles. The fourth-order valence-electron chi connectivity index (χ4n) is 2.01. The first-order valence-corrected chi connectivity index (χ1v) is 5.49. The van der Waals surface area contributed by atoms with Crippen LogP contribution in [0.1, 0.15) is 39.5 Å². The molecule has 0 radical (unpaired) electrons. The molecule has 0 amide bonds. The van der Waals surface area contributed by atoms with Crippen molar-refractivity contribution in [3.63, 3.8) is 0 Å². The molecule has 3 heteroatoms. The van der Waals surface area contributed by atoms with E-state index >= 15 is 0 Å². The summed E-state index contributed by atoms with van der Waals surface area (Å²) in [6.07, 6.45) is 5.80. The van der Waals surface area contributed by atoms with Gasteiger partial charge in [-0.3, -0.25) is 5.32 Å². The van der Waals surface area contributed by atoms with Crippen molar-refractivity contribution in [1.82, 2.24) is 10.6 Å². The molecule has 0 aromatic heterocycles. The summed E-state index contributed by atoms with van der Waals surface area (Å²) < 4.78 is 0. The Kier molecular flexibility index (Phi) is 4.70. The largest absolute Gasteiger partial charge is 0.316 e. The molecule has 1 saturated heterocycles. The SMILES string of the molecule is CCCCC1CCNC1NC(C)N. The van der Waals surface area contributed by atoms with E-state index in [0.29, 0.717) is 6.17 Å². The lowest BCUT2D eigenvalue weighted by Gasteiger charge is -2.22. The summed E-state index contributed by atoms with van der Waals surface area (Å²) in [4.78, 5) is 0. The molecule has 0 saturated carbocycles. The monoisotopic (exact) mass is 185 g/mol. The van der Waals surface area contributed by atoms with Crippen molar-refractivity contribution in [2.75, 3.05) is 6.54 Å². The minimum absolute atomic E-state index is 0.0970. The molecular weight excluding hydrogens is 162 g/mol. The van der Waals surface area contributed by atoms with Crippen LogP contribution in [0.25, 0.3) is 0 Å². The summed E-state index contributed by atoms with van der Waals surface area (Å²) in [5, 5.41) is 6.82. The predicted octanol–water partition coefficient (Wildman–Crippen LogP) is 1.01. The Morgan fingerprint density at radius 3 is 3.00 bits per heavy atom. The molecule has 78 valence electrons. The second kappa shape index (κ2) is 5.58. The summed E-state index contributed by atoms with van der Waals surface area (Å²) in [5.41, 5.74) is 5.71. The number of hydrogen-bond acceptors (Lipinski definition) is 3. The van der Waals surface area contributed by atoms with E-state index in [9.17, 15) is 0 Å². The molecule has 13 heavy (non-hydrogen) atoms. The van der Waals surface area contributed by atoms with Gasteiger partial charge in [-0.25, -0.2) is 0 Å². The minimum Gasteiger partial charge on any atom is -0.316 e. The zero-order valence-electron chi connectivity index (χ0n) is 8.84. The average Bonchev–Trinajstić information content (AvgIpc) is 2.48. The highest BCUT2D eigenvalue weighted by Crippen LogP contribution is 2.20. The Labute approximate surface area is 81.5 Å². The molecule has 4 N–H and O–H groups in total. The molecule has 1 fully saturated rings. The summed E-state index contributed by atoms with van der Waals surface area (Å²) >= 11 is 0. The lowest BCUT2D eigenvalue weighted by atomic mass is 9.98. The molecule has 1 aliphatic rings. The van der Waals surface area contributed by atoms with E-state index in [2.05, 4.69) is 17.6 Å². The van der Waals surface area contributed by atoms with Crippen molar-refractivity contribution in [3.05, 3.63) is 0 Å². The van der Waals surface area contributed by atoms with Gasteiger partial charge in [0.1, 0.15) is 0 Å². The van der Waals surface area contributed by atoms with Crippen LogP contribution >= 0.6 is 0 Å². The number of nitrogens with two attached hydrogens (primary N) is 1. The maximum atomic E-state index is 5.71. The van der Waals surface area contributed by atoms with Crippen molar-refractivity contribution in [2.24, 2.45) is 11.7 Å². The third kappa shape index (κ3) is 3.63. The Hall–Kier alpha value is -0.120. The van der Waals surface area contributed by atoms with E-state index in [1.807, 2.05) is 6.92 Å². The van der Waals surface area contributed by atoms with Crippen LogP contribution in [0.3, 0.4) is 0 Å². The van der Waals surface area contributed by atoms with Gasteiger partial charge < -0.3 is 11.1 Å². The molecule has 0 spiro atoms. The second-order valence-corrected chi connectivity index (χ2v) is 4.08. The summed E-state index contributed by atoms with van der Waals surface area (Å²) in [7, 11) is 0. The molecule has 3 atom stereocenters. The fraction of sp³-hybridized carbons (Fsp3) is 1.00. The van der Waals surface area contributed by atoms with E-state index in [1.54, 1.807) is 0 Å². The second-order valence-electron chi connectivity index (χ2n) is 4.08. The minimum atomic E-state index is 0.0970. The molecule has 1 rings (SSSR count). The van der Waals surface area contributed by atoms with Crippen molar-refractivity contribution in [3.8, 4) is 0 Å². The van der Waals surface area contributed by atoms with Crippen LogP contribution < -0.4 is 16.4 Å². The van der Waals surface area contributed by atoms with E-state index in [1.165, 1.54) is 25.7 Å². The lowest BCUT2D eigenvalue weighted by Crippen LogP contribution is -2.49. The van der Waals surface area contributed by atoms with Gasteiger partial charge in [0.15, 0.2) is 0 Å². The topological polar surface area (TPSA) is 50.1 Å². The van der Waals surface area contributed by atoms with E-state index in [0.717, 1.165) is 12.5 Å². The Bertz CT molecular complexity index is 136. The number of hydrogen-bond donors (Lipinski definition) is 3. The van der Waals surface area contributed by atoms with Gasteiger partial charge in [-0.1, -0.05) is 19.8 Å². The molecule has 3 unspecified atom stereocenters. The normalized spacial score (nSPS) is 30.7. The smallest absolute Gasteiger partial charge is 0.0613 e. The average molecular weight is 185 g/mol. The highest BCUT2D eigenvalue weighted by molar-refractivity contribution is 4.82. The van der Waals surface area contributed by atoms with Crippen LogP contribution in [0.2, 0.25) is 0 Å². The Morgan fingerprint density at radius 1 is 1.62 bits per heavy atom. The van der Waals surface area contributed by atoms with Gasteiger partial charge in [-0.15, -0.1) is 0 Å². The van der Waals surface area contributed by atoms with Crippen molar-refractivity contribution < 1.29 is 0 Å². The van der Waals surface area contributed by atoms with Crippen molar-refractivity contribution in [2.45, 2.75) is 51.9 Å². The zero-order chi connectivity index (χ0) is 9.68. The fourth-order valence-corrected chi connectivity index (χ4v) is 2.01. The Balaban J connectivity index is 2.26. The maximum Gasteiger partial charge on any atom is 0.0613 e. The quantitative estimate of drug-likeness (QED) is 0.560. The Morgan fingerprint density at radius 2 is 2.38 bits per heavy atom. The summed E-state index contributed by atoms with van der Waals surface area (Å²) in [6.45, 7) is 5.38. The predicted molar refractivity (Wildman–Crippen MR) is 56.2 cm³/mol. The first-order valence-electron chi connectivity index (χ1n) is 5.49. The molecule has 0 aromatic rings. The molecule has 0 aliphatic carbocycles. The van der Waals surface area contributed by atoms with Gasteiger partial charge in [-0.05, 0) is 32.2 Å². The van der Waals surface area contributed by atoms with Crippen LogP contribution in [0.15, 0.2) is 0 Å². The van der Waals surface area contributed by atoms with Crippen LogP contribution in [0.4, 0.5) is 0 Å². The highest BCUT2D eigenvalue weighted by Gasteiger charge is 2.25.